The standard InChI is InChI=1S/C30H28F3N3O3/c31-21-8-4-7-20(12-21)26(35-27(37)11-18-5-2-1-3-6-18)14-28(38)36-16-24-25(17-36)29(24)30(39)34-15-19-9-22(32)13-23(33)10-19/h1-10,12-13,24-26,29H,11,14-17H2,(H,34,39)(H,35,37)/t24-,25+,26-,29?/m1/s1. The molecule has 0 radical (unpaired) electrons. The van der Waals surface area contributed by atoms with Gasteiger partial charge in [0.15, 0.2) is 0 Å². The molecule has 1 aliphatic carbocycles. The topological polar surface area (TPSA) is 78.5 Å². The van der Waals surface area contributed by atoms with Gasteiger partial charge in [0.25, 0.3) is 0 Å². The number of carbonyl (C=O) groups excluding carboxylic acids is 3. The minimum atomic E-state index is -0.704. The molecule has 0 spiro atoms. The van der Waals surface area contributed by atoms with E-state index in [0.717, 1.165) is 11.6 Å². The molecule has 3 aromatic rings. The van der Waals surface area contributed by atoms with Crippen LogP contribution in [0.15, 0.2) is 72.8 Å². The molecule has 3 amide bonds. The molecule has 3 aromatic carbocycles. The molecule has 4 atom stereocenters. The third-order valence-electron chi connectivity index (χ3n) is 7.41. The van der Waals surface area contributed by atoms with Gasteiger partial charge in [-0.15, -0.1) is 0 Å². The minimum Gasteiger partial charge on any atom is -0.352 e. The summed E-state index contributed by atoms with van der Waals surface area (Å²) in [4.78, 5) is 40.2. The van der Waals surface area contributed by atoms with E-state index < -0.39 is 23.5 Å². The molecular weight excluding hydrogens is 507 g/mol. The van der Waals surface area contributed by atoms with Crippen LogP contribution in [-0.4, -0.2) is 35.7 Å². The predicted molar refractivity (Wildman–Crippen MR) is 137 cm³/mol. The lowest BCUT2D eigenvalue weighted by atomic mass is 10.0. The number of nitrogens with zero attached hydrogens (tertiary/aromatic N) is 1. The highest BCUT2D eigenvalue weighted by molar-refractivity contribution is 5.85. The fourth-order valence-electron chi connectivity index (χ4n) is 5.44. The van der Waals surface area contributed by atoms with Crippen LogP contribution < -0.4 is 10.6 Å². The van der Waals surface area contributed by atoms with Crippen molar-refractivity contribution in [2.24, 2.45) is 17.8 Å². The Morgan fingerprint density at radius 3 is 2.18 bits per heavy atom. The van der Waals surface area contributed by atoms with Gasteiger partial charge in [-0.2, -0.15) is 0 Å². The zero-order valence-corrected chi connectivity index (χ0v) is 21.1. The van der Waals surface area contributed by atoms with Crippen molar-refractivity contribution < 1.29 is 27.6 Å². The number of amides is 3. The summed E-state index contributed by atoms with van der Waals surface area (Å²) in [5.41, 5.74) is 1.66. The molecule has 2 N–H and O–H groups in total. The summed E-state index contributed by atoms with van der Waals surface area (Å²) in [6, 6.07) is 17.4. The van der Waals surface area contributed by atoms with Crippen LogP contribution in [0.25, 0.3) is 0 Å². The average molecular weight is 536 g/mol. The normalized spacial score (nSPS) is 20.2. The van der Waals surface area contributed by atoms with Gasteiger partial charge >= 0.3 is 0 Å². The van der Waals surface area contributed by atoms with Crippen molar-refractivity contribution in [3.05, 3.63) is 107 Å². The Labute approximate surface area is 224 Å². The van der Waals surface area contributed by atoms with Crippen LogP contribution in [0, 0.1) is 35.2 Å². The molecule has 1 aliphatic heterocycles. The lowest BCUT2D eigenvalue weighted by Gasteiger charge is -2.24. The summed E-state index contributed by atoms with van der Waals surface area (Å²) in [5.74, 6) is -2.76. The van der Waals surface area contributed by atoms with Crippen LogP contribution in [0.2, 0.25) is 0 Å². The number of rotatable bonds is 9. The predicted octanol–water partition coefficient (Wildman–Crippen LogP) is 3.91. The Morgan fingerprint density at radius 2 is 1.51 bits per heavy atom. The summed E-state index contributed by atoms with van der Waals surface area (Å²) < 4.78 is 40.7. The molecule has 2 aliphatic rings. The number of halogens is 3. The number of carbonyl (C=O) groups is 3. The zero-order valence-electron chi connectivity index (χ0n) is 21.1. The second-order valence-electron chi connectivity index (χ2n) is 10.2. The first-order chi connectivity index (χ1) is 18.8. The van der Waals surface area contributed by atoms with Crippen LogP contribution in [-0.2, 0) is 27.3 Å². The van der Waals surface area contributed by atoms with Gasteiger partial charge in [-0.05, 0) is 52.8 Å². The summed E-state index contributed by atoms with van der Waals surface area (Å²) in [5, 5.41) is 5.61. The fraction of sp³-hybridized carbons (Fsp3) is 0.300. The van der Waals surface area contributed by atoms with E-state index in [9.17, 15) is 27.6 Å². The number of hydrogen-bond acceptors (Lipinski definition) is 3. The van der Waals surface area contributed by atoms with Crippen molar-refractivity contribution in [3.8, 4) is 0 Å². The van der Waals surface area contributed by atoms with Crippen LogP contribution in [0.1, 0.15) is 29.2 Å². The van der Waals surface area contributed by atoms with Gasteiger partial charge in [-0.3, -0.25) is 14.4 Å². The third kappa shape index (κ3) is 6.47. The highest BCUT2D eigenvalue weighted by Gasteiger charge is 2.60. The first-order valence-electron chi connectivity index (χ1n) is 12.9. The Bertz CT molecular complexity index is 1350. The van der Waals surface area contributed by atoms with Crippen molar-refractivity contribution in [1.82, 2.24) is 15.5 Å². The van der Waals surface area contributed by atoms with E-state index in [0.29, 0.717) is 24.2 Å². The molecule has 5 rings (SSSR count). The van der Waals surface area contributed by atoms with E-state index in [1.54, 1.807) is 11.0 Å². The summed E-state index contributed by atoms with van der Waals surface area (Å²) in [6.45, 7) is 0.831. The first-order valence-corrected chi connectivity index (χ1v) is 12.9. The highest BCUT2D eigenvalue weighted by Crippen LogP contribution is 2.52. The largest absolute Gasteiger partial charge is 0.352 e. The van der Waals surface area contributed by atoms with Crippen LogP contribution >= 0.6 is 0 Å². The molecular formula is C30H28F3N3O3. The lowest BCUT2D eigenvalue weighted by molar-refractivity contribution is -0.133. The second-order valence-corrected chi connectivity index (χ2v) is 10.2. The Kier molecular flexibility index (Phi) is 7.67. The van der Waals surface area contributed by atoms with Crippen molar-refractivity contribution in [1.29, 1.82) is 0 Å². The molecule has 1 heterocycles. The number of nitrogens with one attached hydrogen (secondary N) is 2. The number of hydrogen-bond donors (Lipinski definition) is 2. The second kappa shape index (κ2) is 11.3. The van der Waals surface area contributed by atoms with Crippen molar-refractivity contribution in [2.45, 2.75) is 25.4 Å². The molecule has 0 aromatic heterocycles. The zero-order chi connectivity index (χ0) is 27.5. The van der Waals surface area contributed by atoms with E-state index in [4.69, 9.17) is 0 Å². The fourth-order valence-corrected chi connectivity index (χ4v) is 5.44. The van der Waals surface area contributed by atoms with Gasteiger partial charge in [0, 0.05) is 31.6 Å². The van der Waals surface area contributed by atoms with Gasteiger partial charge in [0.05, 0.1) is 18.9 Å². The maximum Gasteiger partial charge on any atom is 0.225 e. The van der Waals surface area contributed by atoms with Gasteiger partial charge in [0.1, 0.15) is 17.5 Å². The highest BCUT2D eigenvalue weighted by atomic mass is 19.1. The Hall–Kier alpha value is -4.14. The quantitative estimate of drug-likeness (QED) is 0.436. The van der Waals surface area contributed by atoms with Crippen molar-refractivity contribution in [2.75, 3.05) is 13.1 Å². The SMILES string of the molecule is O=C(Cc1ccccc1)N[C@H](CC(=O)N1C[C@@H]2C(C(=O)NCc3cc(F)cc(F)c3)[C@@H]2C1)c1cccc(F)c1. The maximum absolute atomic E-state index is 14.0. The monoisotopic (exact) mass is 535 g/mol. The van der Waals surface area contributed by atoms with E-state index in [1.165, 1.54) is 30.3 Å². The molecule has 2 fully saturated rings. The molecule has 0 bridgehead atoms. The number of fused-ring (bicyclic) bond motifs is 1. The van der Waals surface area contributed by atoms with Crippen LogP contribution in [0.5, 0.6) is 0 Å². The van der Waals surface area contributed by atoms with E-state index in [1.807, 2.05) is 30.3 Å². The van der Waals surface area contributed by atoms with Gasteiger partial charge < -0.3 is 15.5 Å². The number of piperidine rings is 1. The third-order valence-corrected chi connectivity index (χ3v) is 7.41. The van der Waals surface area contributed by atoms with Gasteiger partial charge in [-0.1, -0.05) is 42.5 Å². The summed E-state index contributed by atoms with van der Waals surface area (Å²) in [6.07, 6.45) is 0.0964. The molecule has 1 saturated heterocycles. The Morgan fingerprint density at radius 1 is 0.821 bits per heavy atom. The Balaban J connectivity index is 1.16. The lowest BCUT2D eigenvalue weighted by Crippen LogP contribution is -2.38. The van der Waals surface area contributed by atoms with E-state index in [2.05, 4.69) is 10.6 Å². The van der Waals surface area contributed by atoms with Crippen molar-refractivity contribution in [3.63, 3.8) is 0 Å². The van der Waals surface area contributed by atoms with Gasteiger partial charge in [-0.25, -0.2) is 13.2 Å². The summed E-state index contributed by atoms with van der Waals surface area (Å²) in [7, 11) is 0. The number of likely N-dealkylation sites (tertiary alicyclic amines) is 1. The average Bonchev–Trinajstić information content (AvgIpc) is 3.39. The molecule has 1 saturated carbocycles. The van der Waals surface area contributed by atoms with Crippen LogP contribution in [0.3, 0.4) is 0 Å². The molecule has 202 valence electrons. The van der Waals surface area contributed by atoms with Gasteiger partial charge in [0.2, 0.25) is 17.7 Å². The van der Waals surface area contributed by atoms with Crippen LogP contribution in [0.4, 0.5) is 13.2 Å². The minimum absolute atomic E-state index is 0.0125. The number of benzene rings is 3. The molecule has 39 heavy (non-hydrogen) atoms. The first kappa shape index (κ1) is 26.5. The van der Waals surface area contributed by atoms with E-state index in [-0.39, 0.29) is 54.9 Å². The maximum atomic E-state index is 14.0. The van der Waals surface area contributed by atoms with E-state index >= 15 is 0 Å². The molecule has 9 heteroatoms. The van der Waals surface area contributed by atoms with Crippen molar-refractivity contribution >= 4 is 17.7 Å². The molecule has 6 nitrogen and oxygen atoms in total. The smallest absolute Gasteiger partial charge is 0.225 e. The summed E-state index contributed by atoms with van der Waals surface area (Å²) >= 11 is 0. The molecule has 1 unspecified atom stereocenters.